The minimum Gasteiger partial charge on any atom is -0.441 e. The molecule has 1 amide bonds. The van der Waals surface area contributed by atoms with E-state index in [9.17, 15) is 4.79 Å². The van der Waals surface area contributed by atoms with Gasteiger partial charge in [0, 0.05) is 47.2 Å². The zero-order chi connectivity index (χ0) is 18.4. The molecule has 2 bridgehead atoms. The number of hydrogen-bond donors (Lipinski definition) is 2. The summed E-state index contributed by atoms with van der Waals surface area (Å²) in [5, 5.41) is 7.76. The number of benzene rings is 1. The van der Waals surface area contributed by atoms with Crippen molar-refractivity contribution in [2.24, 2.45) is 0 Å². The smallest absolute Gasteiger partial charge is 0.251 e. The maximum absolute atomic E-state index is 12.7. The van der Waals surface area contributed by atoms with E-state index in [4.69, 9.17) is 4.42 Å². The zero-order valence-corrected chi connectivity index (χ0v) is 16.1. The number of amides is 1. The highest BCUT2D eigenvalue weighted by Gasteiger charge is 2.39. The van der Waals surface area contributed by atoms with Gasteiger partial charge in [0.25, 0.3) is 5.91 Å². The standard InChI is InChI=1S/C21H29N3O2/c1-12(2)24(13(3)4)20-10-15-9-14(5-8-19(15)26-20)21(25)23-18-11-16-6-7-17(18)22-16/h5,8-10,12-13,16-18,22H,6-7,11H2,1-4H3,(H,23,25)/t16-,17+,18-/m1/s1. The van der Waals surface area contributed by atoms with Crippen LogP contribution in [0.25, 0.3) is 11.0 Å². The maximum atomic E-state index is 12.7. The van der Waals surface area contributed by atoms with Gasteiger partial charge < -0.3 is 20.0 Å². The van der Waals surface area contributed by atoms with E-state index in [0.29, 0.717) is 29.7 Å². The summed E-state index contributed by atoms with van der Waals surface area (Å²) in [4.78, 5) is 14.9. The highest BCUT2D eigenvalue weighted by Crippen LogP contribution is 2.31. The van der Waals surface area contributed by atoms with E-state index in [0.717, 1.165) is 23.3 Å². The van der Waals surface area contributed by atoms with Gasteiger partial charge in [-0.05, 0) is 65.2 Å². The van der Waals surface area contributed by atoms with Crippen LogP contribution in [0.1, 0.15) is 57.3 Å². The molecule has 2 aromatic rings. The van der Waals surface area contributed by atoms with Crippen molar-refractivity contribution < 1.29 is 9.21 Å². The molecule has 2 aliphatic heterocycles. The van der Waals surface area contributed by atoms with Crippen molar-refractivity contribution in [3.63, 3.8) is 0 Å². The van der Waals surface area contributed by atoms with Crippen LogP contribution < -0.4 is 15.5 Å². The molecule has 3 atom stereocenters. The van der Waals surface area contributed by atoms with Crippen molar-refractivity contribution in [2.75, 3.05) is 4.90 Å². The summed E-state index contributed by atoms with van der Waals surface area (Å²) in [5.41, 5.74) is 1.53. The molecule has 0 saturated carbocycles. The third kappa shape index (κ3) is 3.09. The molecule has 140 valence electrons. The molecule has 0 unspecified atom stereocenters. The number of furan rings is 1. The van der Waals surface area contributed by atoms with Gasteiger partial charge in [-0.15, -0.1) is 0 Å². The van der Waals surface area contributed by atoms with Gasteiger partial charge in [0.1, 0.15) is 5.58 Å². The lowest BCUT2D eigenvalue weighted by atomic mass is 9.95. The van der Waals surface area contributed by atoms with Crippen LogP contribution in [0, 0.1) is 0 Å². The van der Waals surface area contributed by atoms with Crippen LogP contribution in [-0.2, 0) is 0 Å². The Bertz CT molecular complexity index is 803. The highest BCUT2D eigenvalue weighted by atomic mass is 16.4. The van der Waals surface area contributed by atoms with Crippen LogP contribution in [-0.4, -0.2) is 36.1 Å². The number of anilines is 1. The van der Waals surface area contributed by atoms with Crippen LogP contribution in [0.3, 0.4) is 0 Å². The molecule has 0 spiro atoms. The lowest BCUT2D eigenvalue weighted by Crippen LogP contribution is -2.42. The molecule has 3 heterocycles. The molecule has 0 aliphatic carbocycles. The first-order valence-corrected chi connectivity index (χ1v) is 9.81. The Balaban J connectivity index is 1.54. The van der Waals surface area contributed by atoms with E-state index in [-0.39, 0.29) is 11.9 Å². The normalized spacial score (nSPS) is 24.8. The number of rotatable bonds is 5. The molecular weight excluding hydrogens is 326 g/mol. The van der Waals surface area contributed by atoms with Gasteiger partial charge in [-0.25, -0.2) is 0 Å². The molecule has 1 aromatic heterocycles. The fourth-order valence-corrected chi connectivity index (χ4v) is 4.64. The summed E-state index contributed by atoms with van der Waals surface area (Å²) in [6.07, 6.45) is 3.45. The van der Waals surface area contributed by atoms with E-state index in [1.807, 2.05) is 24.3 Å². The third-order valence-electron chi connectivity index (χ3n) is 5.75. The molecule has 2 saturated heterocycles. The lowest BCUT2D eigenvalue weighted by Gasteiger charge is -2.30. The highest BCUT2D eigenvalue weighted by molar-refractivity contribution is 5.98. The summed E-state index contributed by atoms with van der Waals surface area (Å²) < 4.78 is 6.05. The second kappa shape index (κ2) is 6.62. The number of carbonyl (C=O) groups is 1. The lowest BCUT2D eigenvalue weighted by molar-refractivity contribution is 0.0931. The number of hydrogen-bond acceptors (Lipinski definition) is 4. The predicted molar refractivity (Wildman–Crippen MR) is 105 cm³/mol. The van der Waals surface area contributed by atoms with Gasteiger partial charge in [0.15, 0.2) is 5.88 Å². The van der Waals surface area contributed by atoms with E-state index >= 15 is 0 Å². The molecule has 0 radical (unpaired) electrons. The molecular formula is C21H29N3O2. The van der Waals surface area contributed by atoms with Crippen molar-refractivity contribution in [1.82, 2.24) is 10.6 Å². The molecule has 4 rings (SSSR count). The van der Waals surface area contributed by atoms with Crippen molar-refractivity contribution in [2.45, 2.75) is 77.2 Å². The Labute approximate surface area is 155 Å². The van der Waals surface area contributed by atoms with Crippen LogP contribution >= 0.6 is 0 Å². The largest absolute Gasteiger partial charge is 0.441 e. The second-order valence-corrected chi connectivity index (χ2v) is 8.30. The minimum atomic E-state index is 0.0126. The van der Waals surface area contributed by atoms with Crippen molar-refractivity contribution >= 4 is 22.8 Å². The van der Waals surface area contributed by atoms with Gasteiger partial charge in [-0.3, -0.25) is 4.79 Å². The van der Waals surface area contributed by atoms with E-state index in [1.165, 1.54) is 12.8 Å². The quantitative estimate of drug-likeness (QED) is 0.859. The average Bonchev–Trinajstić information content (AvgIpc) is 3.27. The van der Waals surface area contributed by atoms with Gasteiger partial charge in [-0.1, -0.05) is 0 Å². The van der Waals surface area contributed by atoms with Gasteiger partial charge in [0.05, 0.1) is 0 Å². The second-order valence-electron chi connectivity index (χ2n) is 8.30. The Kier molecular flexibility index (Phi) is 4.43. The number of fused-ring (bicyclic) bond motifs is 3. The summed E-state index contributed by atoms with van der Waals surface area (Å²) >= 11 is 0. The van der Waals surface area contributed by atoms with Crippen LogP contribution in [0.5, 0.6) is 0 Å². The van der Waals surface area contributed by atoms with Crippen molar-refractivity contribution in [3.8, 4) is 0 Å². The topological polar surface area (TPSA) is 57.5 Å². The summed E-state index contributed by atoms with van der Waals surface area (Å²) in [6.45, 7) is 8.65. The Morgan fingerprint density at radius 2 is 1.96 bits per heavy atom. The van der Waals surface area contributed by atoms with E-state index in [2.05, 4.69) is 43.2 Å². The SMILES string of the molecule is CC(C)N(c1cc2cc(C(=O)N[C@@H]3C[C@H]4CC[C@@H]3N4)ccc2o1)C(C)C. The molecule has 1 aromatic carbocycles. The first kappa shape index (κ1) is 17.4. The van der Waals surface area contributed by atoms with Gasteiger partial charge in [-0.2, -0.15) is 0 Å². The Morgan fingerprint density at radius 3 is 2.58 bits per heavy atom. The number of carbonyl (C=O) groups excluding carboxylic acids is 1. The van der Waals surface area contributed by atoms with Crippen LogP contribution in [0.15, 0.2) is 28.7 Å². The molecule has 26 heavy (non-hydrogen) atoms. The predicted octanol–water partition coefficient (Wildman–Crippen LogP) is 3.68. The molecule has 2 aliphatic rings. The Hall–Kier alpha value is -2.01. The van der Waals surface area contributed by atoms with E-state index in [1.54, 1.807) is 0 Å². The molecule has 2 fully saturated rings. The molecule has 5 nitrogen and oxygen atoms in total. The summed E-state index contributed by atoms with van der Waals surface area (Å²) in [6, 6.07) is 9.75. The minimum absolute atomic E-state index is 0.0126. The number of nitrogens with one attached hydrogen (secondary N) is 2. The third-order valence-corrected chi connectivity index (χ3v) is 5.75. The van der Waals surface area contributed by atoms with Gasteiger partial charge >= 0.3 is 0 Å². The zero-order valence-electron chi connectivity index (χ0n) is 16.1. The monoisotopic (exact) mass is 355 g/mol. The number of nitrogens with zero attached hydrogens (tertiary/aromatic N) is 1. The fraction of sp³-hybridized carbons (Fsp3) is 0.571. The van der Waals surface area contributed by atoms with Crippen molar-refractivity contribution in [3.05, 3.63) is 29.8 Å². The summed E-state index contributed by atoms with van der Waals surface area (Å²) in [7, 11) is 0. The molecule has 2 N–H and O–H groups in total. The maximum Gasteiger partial charge on any atom is 0.251 e. The van der Waals surface area contributed by atoms with E-state index < -0.39 is 0 Å². The summed E-state index contributed by atoms with van der Waals surface area (Å²) in [5.74, 6) is 0.874. The van der Waals surface area contributed by atoms with Gasteiger partial charge in [0.2, 0.25) is 0 Å². The van der Waals surface area contributed by atoms with Crippen LogP contribution in [0.2, 0.25) is 0 Å². The fourth-order valence-electron chi connectivity index (χ4n) is 4.64. The molecule has 5 heteroatoms. The average molecular weight is 355 g/mol. The van der Waals surface area contributed by atoms with Crippen LogP contribution in [0.4, 0.5) is 5.88 Å². The van der Waals surface area contributed by atoms with Crippen molar-refractivity contribution in [1.29, 1.82) is 0 Å². The Morgan fingerprint density at radius 1 is 1.19 bits per heavy atom. The first-order chi connectivity index (χ1) is 12.4. The first-order valence-electron chi connectivity index (χ1n) is 9.81.